The van der Waals surface area contributed by atoms with E-state index in [1.807, 2.05) is 0 Å². The summed E-state index contributed by atoms with van der Waals surface area (Å²) in [5, 5.41) is 8.49. The second kappa shape index (κ2) is 15.5. The molecule has 1 rings (SSSR count). The number of carbonyl (C=O) groups is 1. The Morgan fingerprint density at radius 3 is 1.44 bits per heavy atom. The van der Waals surface area contributed by atoms with Crippen LogP contribution in [-0.2, 0) is 0 Å². The van der Waals surface area contributed by atoms with E-state index >= 15 is 0 Å². The van der Waals surface area contributed by atoms with Crippen LogP contribution in [0.4, 0.5) is 5.69 Å². The lowest BCUT2D eigenvalue weighted by Crippen LogP contribution is -2.50. The van der Waals surface area contributed by atoms with Crippen molar-refractivity contribution in [3.63, 3.8) is 0 Å². The van der Waals surface area contributed by atoms with Gasteiger partial charge in [0.1, 0.15) is 0 Å². The first-order valence-corrected chi connectivity index (χ1v) is 10.9. The summed E-state index contributed by atoms with van der Waals surface area (Å²) in [5.74, 6) is -0.988. The molecule has 4 nitrogen and oxygen atoms in total. The monoisotopic (exact) mass is 379 g/mol. The van der Waals surface area contributed by atoms with Crippen LogP contribution < -0.4 is 5.73 Å². The molecule has 0 aromatic heterocycles. The predicted octanol–water partition coefficient (Wildman–Crippen LogP) is 5.97. The van der Waals surface area contributed by atoms with Gasteiger partial charge in [-0.1, -0.05) is 65.5 Å². The molecule has 156 valence electrons. The van der Waals surface area contributed by atoms with Crippen molar-refractivity contribution >= 4 is 11.7 Å². The third-order valence-corrected chi connectivity index (χ3v) is 5.14. The fourth-order valence-electron chi connectivity index (χ4n) is 3.34. The molecule has 0 bridgehead atoms. The van der Waals surface area contributed by atoms with Crippen LogP contribution in [0, 0.1) is 0 Å². The minimum absolute atomic E-state index is 0.155. The fourth-order valence-corrected chi connectivity index (χ4v) is 3.34. The number of carboxylic acids is 1. The molecule has 0 spiro atoms. The molecule has 0 atom stereocenters. The molecule has 27 heavy (non-hydrogen) atoms. The van der Waals surface area contributed by atoms with E-state index in [0.29, 0.717) is 5.69 Å². The second-order valence-electron chi connectivity index (χ2n) is 7.54. The molecule has 0 aliphatic rings. The van der Waals surface area contributed by atoms with E-state index in [0.717, 1.165) is 0 Å². The van der Waals surface area contributed by atoms with Gasteiger partial charge in [0.15, 0.2) is 0 Å². The highest BCUT2D eigenvalue weighted by Crippen LogP contribution is 2.16. The largest absolute Gasteiger partial charge is 0.478 e. The minimum atomic E-state index is -0.988. The van der Waals surface area contributed by atoms with E-state index in [-0.39, 0.29) is 5.56 Å². The van der Waals surface area contributed by atoms with Crippen molar-refractivity contribution in [1.29, 1.82) is 0 Å². The number of nitrogen functional groups attached to an aromatic ring is 1. The zero-order valence-electron chi connectivity index (χ0n) is 18.2. The Bertz CT molecular complexity index is 465. The van der Waals surface area contributed by atoms with Crippen LogP contribution >= 0.6 is 0 Å². The molecule has 0 amide bonds. The number of quaternary nitrogens is 1. The van der Waals surface area contributed by atoms with Gasteiger partial charge in [-0.2, -0.15) is 0 Å². The SMILES string of the molecule is CCCC[N+](CCCC)(CCCC)CCCC.Nc1ccccc1C(=O)O. The standard InChI is InChI=1S/C16H36N.C7H7NO2/c1-5-9-13-17(14-10-6-2,15-11-7-3)16-12-8-4;8-6-4-2-1-3-5(6)7(9)10/h5-16H2,1-4H3;1-4H,8H2,(H,9,10)/q+1;. The van der Waals surface area contributed by atoms with Crippen molar-refractivity contribution in [2.45, 2.75) is 79.1 Å². The Labute approximate surface area is 167 Å². The van der Waals surface area contributed by atoms with Gasteiger partial charge < -0.3 is 15.3 Å². The molecular weight excluding hydrogens is 336 g/mol. The van der Waals surface area contributed by atoms with Crippen LogP contribution in [0.3, 0.4) is 0 Å². The van der Waals surface area contributed by atoms with E-state index < -0.39 is 5.97 Å². The Hall–Kier alpha value is -1.55. The van der Waals surface area contributed by atoms with Crippen LogP contribution in [0.1, 0.15) is 89.4 Å². The summed E-state index contributed by atoms with van der Waals surface area (Å²) < 4.78 is 1.42. The molecule has 0 unspecified atom stereocenters. The van der Waals surface area contributed by atoms with Gasteiger partial charge in [-0.25, -0.2) is 4.79 Å². The third-order valence-electron chi connectivity index (χ3n) is 5.14. The number of hydrogen-bond acceptors (Lipinski definition) is 2. The van der Waals surface area contributed by atoms with Gasteiger partial charge in [-0.05, 0) is 37.8 Å². The third kappa shape index (κ3) is 11.0. The number of nitrogens with two attached hydrogens (primary N) is 1. The number of para-hydroxylation sites is 1. The lowest BCUT2D eigenvalue weighted by molar-refractivity contribution is -0.929. The van der Waals surface area contributed by atoms with Crippen molar-refractivity contribution in [3.05, 3.63) is 29.8 Å². The van der Waals surface area contributed by atoms with Gasteiger partial charge in [-0.3, -0.25) is 0 Å². The number of rotatable bonds is 13. The van der Waals surface area contributed by atoms with Crippen LogP contribution in [0.2, 0.25) is 0 Å². The first kappa shape index (κ1) is 25.4. The summed E-state index contributed by atoms with van der Waals surface area (Å²) in [4.78, 5) is 10.3. The summed E-state index contributed by atoms with van der Waals surface area (Å²) in [6.45, 7) is 15.0. The topological polar surface area (TPSA) is 63.3 Å². The van der Waals surface area contributed by atoms with Crippen LogP contribution in [0.5, 0.6) is 0 Å². The number of carboxylic acid groups (broad SMARTS) is 1. The summed E-state index contributed by atoms with van der Waals surface area (Å²) in [7, 11) is 0. The van der Waals surface area contributed by atoms with Gasteiger partial charge >= 0.3 is 5.97 Å². The molecule has 1 aromatic rings. The Morgan fingerprint density at radius 1 is 0.815 bits per heavy atom. The van der Waals surface area contributed by atoms with Crippen molar-refractivity contribution in [2.24, 2.45) is 0 Å². The molecule has 0 radical (unpaired) electrons. The zero-order valence-corrected chi connectivity index (χ0v) is 18.2. The number of hydrogen-bond donors (Lipinski definition) is 2. The summed E-state index contributed by atoms with van der Waals surface area (Å²) in [5.41, 5.74) is 5.80. The zero-order chi connectivity index (χ0) is 20.5. The van der Waals surface area contributed by atoms with Gasteiger partial charge in [0.05, 0.1) is 31.7 Å². The molecule has 0 saturated carbocycles. The molecule has 3 N–H and O–H groups in total. The molecule has 0 heterocycles. The molecule has 0 fully saturated rings. The molecule has 1 aromatic carbocycles. The van der Waals surface area contributed by atoms with Gasteiger partial charge in [0.25, 0.3) is 0 Å². The maximum absolute atomic E-state index is 10.3. The molecule has 0 aliphatic carbocycles. The summed E-state index contributed by atoms with van der Waals surface area (Å²) in [6.07, 6.45) is 11.1. The molecule has 0 aliphatic heterocycles. The molecule has 4 heteroatoms. The van der Waals surface area contributed by atoms with Crippen molar-refractivity contribution in [3.8, 4) is 0 Å². The van der Waals surface area contributed by atoms with Crippen LogP contribution in [-0.4, -0.2) is 41.7 Å². The minimum Gasteiger partial charge on any atom is -0.478 e. The smallest absolute Gasteiger partial charge is 0.337 e. The van der Waals surface area contributed by atoms with Crippen LogP contribution in [0.25, 0.3) is 0 Å². The Kier molecular flexibility index (Phi) is 14.6. The van der Waals surface area contributed by atoms with Crippen molar-refractivity contribution < 1.29 is 14.4 Å². The average molecular weight is 380 g/mol. The quantitative estimate of drug-likeness (QED) is 0.328. The molecule has 0 saturated heterocycles. The maximum Gasteiger partial charge on any atom is 0.337 e. The van der Waals surface area contributed by atoms with Crippen molar-refractivity contribution in [1.82, 2.24) is 0 Å². The number of aromatic carboxylic acids is 1. The fraction of sp³-hybridized carbons (Fsp3) is 0.696. The number of anilines is 1. The van der Waals surface area contributed by atoms with E-state index in [4.69, 9.17) is 10.8 Å². The second-order valence-corrected chi connectivity index (χ2v) is 7.54. The lowest BCUT2D eigenvalue weighted by atomic mass is 10.1. The van der Waals surface area contributed by atoms with Gasteiger partial charge in [0, 0.05) is 5.69 Å². The van der Waals surface area contributed by atoms with Gasteiger partial charge in [0.2, 0.25) is 0 Å². The number of unbranched alkanes of at least 4 members (excludes halogenated alkanes) is 4. The van der Waals surface area contributed by atoms with Gasteiger partial charge in [-0.15, -0.1) is 0 Å². The first-order valence-electron chi connectivity index (χ1n) is 10.9. The maximum atomic E-state index is 10.3. The number of nitrogens with zero attached hydrogens (tertiary/aromatic N) is 1. The first-order chi connectivity index (χ1) is 13.0. The highest BCUT2D eigenvalue weighted by atomic mass is 16.4. The Balaban J connectivity index is 0.000000569. The average Bonchev–Trinajstić information content (AvgIpc) is 2.67. The van der Waals surface area contributed by atoms with Crippen molar-refractivity contribution in [2.75, 3.05) is 31.9 Å². The summed E-state index contributed by atoms with van der Waals surface area (Å²) in [6, 6.07) is 6.36. The number of benzene rings is 1. The highest BCUT2D eigenvalue weighted by molar-refractivity contribution is 5.93. The van der Waals surface area contributed by atoms with E-state index in [1.165, 1.54) is 88.1 Å². The predicted molar refractivity (Wildman–Crippen MR) is 117 cm³/mol. The van der Waals surface area contributed by atoms with E-state index in [1.54, 1.807) is 18.2 Å². The highest BCUT2D eigenvalue weighted by Gasteiger charge is 2.24. The Morgan fingerprint density at radius 2 is 1.19 bits per heavy atom. The van der Waals surface area contributed by atoms with Crippen LogP contribution in [0.15, 0.2) is 24.3 Å². The normalized spacial score (nSPS) is 11.0. The lowest BCUT2D eigenvalue weighted by Gasteiger charge is -2.39. The van der Waals surface area contributed by atoms with E-state index in [2.05, 4.69) is 27.7 Å². The summed E-state index contributed by atoms with van der Waals surface area (Å²) >= 11 is 0. The molecular formula is C23H43N2O2+. The van der Waals surface area contributed by atoms with E-state index in [9.17, 15) is 4.79 Å².